The molecule has 216 valence electrons. The SMILES string of the molecule is CC(C)(C)N=NC1(NSC(=O)NNC(=O)NNC(=O)SNC2(N=NC(C)(C)C)CCCCC2)CCCCC1. The Morgan fingerprint density at radius 1 is 0.579 bits per heavy atom. The molecule has 0 spiro atoms. The van der Waals surface area contributed by atoms with E-state index in [2.05, 4.69) is 51.6 Å². The van der Waals surface area contributed by atoms with Gasteiger partial charge in [-0.15, -0.1) is 0 Å². The first-order chi connectivity index (χ1) is 17.7. The van der Waals surface area contributed by atoms with E-state index >= 15 is 0 Å². The van der Waals surface area contributed by atoms with Gasteiger partial charge in [-0.1, -0.05) is 12.8 Å². The van der Waals surface area contributed by atoms with Crippen LogP contribution in [0.5, 0.6) is 0 Å². The maximum atomic E-state index is 12.3. The van der Waals surface area contributed by atoms with E-state index in [9.17, 15) is 14.4 Å². The molecule has 0 radical (unpaired) electrons. The summed E-state index contributed by atoms with van der Waals surface area (Å²) in [6, 6.07) is -0.799. The van der Waals surface area contributed by atoms with Gasteiger partial charge in [0, 0.05) is 23.9 Å². The molecule has 0 atom stereocenters. The van der Waals surface area contributed by atoms with Crippen molar-refractivity contribution in [2.24, 2.45) is 20.5 Å². The lowest BCUT2D eigenvalue weighted by atomic mass is 9.90. The van der Waals surface area contributed by atoms with Crippen molar-refractivity contribution in [2.75, 3.05) is 0 Å². The van der Waals surface area contributed by atoms with E-state index in [-0.39, 0.29) is 11.1 Å². The van der Waals surface area contributed by atoms with Crippen molar-refractivity contribution < 1.29 is 14.4 Å². The lowest BCUT2D eigenvalue weighted by Gasteiger charge is -2.33. The largest absolute Gasteiger partial charge is 0.352 e. The molecule has 38 heavy (non-hydrogen) atoms. The second-order valence-corrected chi connectivity index (χ2v) is 13.3. The van der Waals surface area contributed by atoms with Crippen LogP contribution in [-0.4, -0.2) is 38.9 Å². The van der Waals surface area contributed by atoms with Crippen molar-refractivity contribution >= 4 is 40.4 Å². The van der Waals surface area contributed by atoms with E-state index in [1.54, 1.807) is 0 Å². The molecular weight excluding hydrogens is 528 g/mol. The Bertz CT molecular complexity index is 790. The zero-order valence-electron chi connectivity index (χ0n) is 23.4. The molecule has 0 heterocycles. The zero-order valence-corrected chi connectivity index (χ0v) is 25.0. The van der Waals surface area contributed by atoms with Crippen LogP contribution >= 0.6 is 23.9 Å². The van der Waals surface area contributed by atoms with Crippen LogP contribution in [0.25, 0.3) is 0 Å². The number of carbonyl (C=O) groups is 3. The van der Waals surface area contributed by atoms with Gasteiger partial charge in [-0.2, -0.15) is 20.5 Å². The maximum Gasteiger partial charge on any atom is 0.352 e. The van der Waals surface area contributed by atoms with Crippen LogP contribution in [0.2, 0.25) is 0 Å². The van der Waals surface area contributed by atoms with Crippen LogP contribution in [0.1, 0.15) is 106 Å². The minimum atomic E-state index is -0.799. The summed E-state index contributed by atoms with van der Waals surface area (Å²) in [6.45, 7) is 11.8. The molecule has 15 heteroatoms. The van der Waals surface area contributed by atoms with Crippen molar-refractivity contribution in [3.8, 4) is 0 Å². The normalized spacial score (nSPS) is 19.7. The second kappa shape index (κ2) is 14.4. The fourth-order valence-corrected chi connectivity index (χ4v) is 5.05. The number of carbonyl (C=O) groups excluding carboxylic acids is 3. The maximum absolute atomic E-state index is 12.3. The number of hydrazine groups is 2. The van der Waals surface area contributed by atoms with E-state index in [1.807, 2.05) is 41.5 Å². The minimum Gasteiger partial charge on any atom is -0.259 e. The Morgan fingerprint density at radius 2 is 0.921 bits per heavy atom. The number of azo groups is 2. The third-order valence-electron chi connectivity index (χ3n) is 5.67. The number of hydrogen-bond donors (Lipinski definition) is 6. The van der Waals surface area contributed by atoms with Gasteiger partial charge in [0.15, 0.2) is 0 Å². The monoisotopic (exact) mass is 572 g/mol. The van der Waals surface area contributed by atoms with Gasteiger partial charge in [0.1, 0.15) is 11.3 Å². The third-order valence-corrected chi connectivity index (χ3v) is 7.21. The molecule has 0 aromatic rings. The van der Waals surface area contributed by atoms with Crippen LogP contribution in [-0.2, 0) is 0 Å². The number of nitrogens with zero attached hydrogens (tertiary/aromatic N) is 4. The van der Waals surface area contributed by atoms with Crippen LogP contribution < -0.4 is 31.1 Å². The van der Waals surface area contributed by atoms with Crippen LogP contribution in [0.4, 0.5) is 14.4 Å². The van der Waals surface area contributed by atoms with Crippen molar-refractivity contribution in [1.82, 2.24) is 31.1 Å². The smallest absolute Gasteiger partial charge is 0.259 e. The van der Waals surface area contributed by atoms with Crippen LogP contribution in [0.3, 0.4) is 0 Å². The lowest BCUT2D eigenvalue weighted by molar-refractivity contribution is 0.226. The van der Waals surface area contributed by atoms with Gasteiger partial charge in [0.25, 0.3) is 0 Å². The Morgan fingerprint density at radius 3 is 1.24 bits per heavy atom. The fourth-order valence-electron chi connectivity index (χ4n) is 3.79. The molecule has 2 saturated carbocycles. The molecule has 0 saturated heterocycles. The molecule has 0 bridgehead atoms. The highest BCUT2D eigenvalue weighted by Crippen LogP contribution is 2.33. The first-order valence-corrected chi connectivity index (χ1v) is 14.8. The lowest BCUT2D eigenvalue weighted by Crippen LogP contribution is -2.52. The van der Waals surface area contributed by atoms with E-state index < -0.39 is 27.8 Å². The van der Waals surface area contributed by atoms with Crippen molar-refractivity contribution in [2.45, 2.75) is 128 Å². The summed E-state index contributed by atoms with van der Waals surface area (Å²) in [5, 5.41) is 16.8. The highest BCUT2D eigenvalue weighted by Gasteiger charge is 2.34. The highest BCUT2D eigenvalue weighted by molar-refractivity contribution is 8.12. The van der Waals surface area contributed by atoms with Gasteiger partial charge in [-0.3, -0.25) is 20.4 Å². The molecule has 4 amide bonds. The van der Waals surface area contributed by atoms with Gasteiger partial charge in [-0.05, 0) is 92.9 Å². The Balaban J connectivity index is 1.74. The molecule has 2 aliphatic rings. The van der Waals surface area contributed by atoms with Gasteiger partial charge in [0.05, 0.1) is 11.1 Å². The molecule has 2 fully saturated rings. The van der Waals surface area contributed by atoms with Crippen LogP contribution in [0, 0.1) is 0 Å². The molecule has 2 rings (SSSR count). The van der Waals surface area contributed by atoms with E-state index in [1.165, 1.54) is 0 Å². The summed E-state index contributed by atoms with van der Waals surface area (Å²) in [7, 11) is 0. The second-order valence-electron chi connectivity index (χ2n) is 11.7. The Labute approximate surface area is 234 Å². The number of urea groups is 1. The minimum absolute atomic E-state index is 0.315. The predicted octanol–water partition coefficient (Wildman–Crippen LogP) is 5.83. The molecular formula is C23H44N10O3S2. The third kappa shape index (κ3) is 12.7. The number of hydrogen-bond acceptors (Lipinski definition) is 11. The van der Waals surface area contributed by atoms with Gasteiger partial charge in [-0.25, -0.2) is 25.1 Å². The molecule has 2 aliphatic carbocycles. The molecule has 0 aromatic heterocycles. The molecule has 6 N–H and O–H groups in total. The summed E-state index contributed by atoms with van der Waals surface area (Å²) in [6.07, 6.45) is 9.31. The highest BCUT2D eigenvalue weighted by atomic mass is 32.2. The quantitative estimate of drug-likeness (QED) is 0.132. The fraction of sp³-hybridized carbons (Fsp3) is 0.870. The van der Waals surface area contributed by atoms with Gasteiger partial charge >= 0.3 is 16.5 Å². The molecule has 13 nitrogen and oxygen atoms in total. The zero-order chi connectivity index (χ0) is 28.3. The first kappa shape index (κ1) is 32.2. The molecule has 0 unspecified atom stereocenters. The van der Waals surface area contributed by atoms with E-state index in [0.717, 1.165) is 88.1 Å². The first-order valence-electron chi connectivity index (χ1n) is 13.1. The molecule has 0 aliphatic heterocycles. The average Bonchev–Trinajstić information content (AvgIpc) is 2.86. The van der Waals surface area contributed by atoms with Crippen molar-refractivity contribution in [3.63, 3.8) is 0 Å². The van der Waals surface area contributed by atoms with Crippen LogP contribution in [0.15, 0.2) is 20.5 Å². The summed E-state index contributed by atoms with van der Waals surface area (Å²) in [5.74, 6) is 0. The topological polar surface area (TPSA) is 173 Å². The summed E-state index contributed by atoms with van der Waals surface area (Å²) >= 11 is 1.62. The van der Waals surface area contributed by atoms with Crippen molar-refractivity contribution in [3.05, 3.63) is 0 Å². The summed E-state index contributed by atoms with van der Waals surface area (Å²) in [4.78, 5) is 36.6. The number of amides is 4. The summed E-state index contributed by atoms with van der Waals surface area (Å²) < 4.78 is 6.25. The predicted molar refractivity (Wildman–Crippen MR) is 151 cm³/mol. The van der Waals surface area contributed by atoms with E-state index in [0.29, 0.717) is 0 Å². The summed E-state index contributed by atoms with van der Waals surface area (Å²) in [5.41, 5.74) is 7.11. The molecule has 0 aromatic carbocycles. The average molecular weight is 573 g/mol. The Kier molecular flexibility index (Phi) is 12.2. The number of rotatable bonds is 6. The van der Waals surface area contributed by atoms with Gasteiger partial charge < -0.3 is 0 Å². The van der Waals surface area contributed by atoms with Crippen molar-refractivity contribution in [1.29, 1.82) is 0 Å². The number of nitrogens with one attached hydrogen (secondary N) is 6. The standard InChI is InChI=1S/C23H44N10O3S2/c1-20(2,3)28-30-22(13-9-7-10-14-22)32-37-18(35)26-24-17(34)25-27-19(36)38-33-23(15-11-8-12-16-23)31-29-21(4,5)6/h32-33H,7-16H2,1-6H3,(H,26,35)(H,27,36)(H2,24,25,34). The van der Waals surface area contributed by atoms with E-state index in [4.69, 9.17) is 0 Å². The Hall–Kier alpha value is -1.97. The van der Waals surface area contributed by atoms with Gasteiger partial charge in [0.2, 0.25) is 0 Å².